The quantitative estimate of drug-likeness (QED) is 0.192. The Morgan fingerprint density at radius 2 is 1.83 bits per heavy atom. The minimum Gasteiger partial charge on any atom is -0.494 e. The summed E-state index contributed by atoms with van der Waals surface area (Å²) in [7, 11) is 3.35. The van der Waals surface area contributed by atoms with Crippen LogP contribution >= 0.6 is 11.3 Å². The van der Waals surface area contributed by atoms with E-state index in [0.29, 0.717) is 46.7 Å². The van der Waals surface area contributed by atoms with Crippen LogP contribution in [-0.4, -0.2) is 68.5 Å². The number of aryl methyl sites for hydroxylation is 1. The number of fused-ring (bicyclic) bond motifs is 2. The summed E-state index contributed by atoms with van der Waals surface area (Å²) < 4.78 is 9.84. The lowest BCUT2D eigenvalue weighted by Gasteiger charge is -2.36. The van der Waals surface area contributed by atoms with Gasteiger partial charge in [-0.05, 0) is 93.6 Å². The third-order valence-electron chi connectivity index (χ3n) is 11.5. The normalized spacial score (nSPS) is 21.2. The number of carbonyl (C=O) groups is 3. The molecule has 0 spiro atoms. The average Bonchev–Trinajstić information content (AvgIpc) is 3.72. The number of nitrogens with one attached hydrogen (secondary N) is 2. The first-order valence-corrected chi connectivity index (χ1v) is 19.4. The molecule has 5 aromatic rings. The molecule has 278 valence electrons. The lowest BCUT2D eigenvalue weighted by molar-refractivity contribution is -0.135. The van der Waals surface area contributed by atoms with E-state index < -0.39 is 11.9 Å². The molecule has 0 bridgehead atoms. The summed E-state index contributed by atoms with van der Waals surface area (Å²) in [6, 6.07) is 12.7. The standard InChI is InChI=1S/C40H42N8O5S/c1-46-36-28(4-3-5-31(36)48(40(46)52)32-10-11-35(49)45-38(32)51)25-12-14-47(15-13-25)22-23-6-8-26(9-7-23)39-44-30-17-33(53-2)29(18-34(30)54-39)43-37(50)27-16-24(19-41)20-42-21-27/h3-5,16-18,20-21,23,25-26,32H,6-15,22H2,1-2H3,(H,43,50)(H,45,49,51)/t23-,26-,32?. The van der Waals surface area contributed by atoms with E-state index in [9.17, 15) is 24.4 Å². The molecule has 14 heteroatoms. The molecule has 2 aliphatic heterocycles. The molecule has 1 aliphatic carbocycles. The smallest absolute Gasteiger partial charge is 0.329 e. The molecule has 2 aromatic carbocycles. The summed E-state index contributed by atoms with van der Waals surface area (Å²) in [6.45, 7) is 3.09. The van der Waals surface area contributed by atoms with Crippen LogP contribution in [0.2, 0.25) is 0 Å². The summed E-state index contributed by atoms with van der Waals surface area (Å²) >= 11 is 1.67. The number of para-hydroxylation sites is 1. The Labute approximate surface area is 315 Å². The molecule has 3 aromatic heterocycles. The first-order chi connectivity index (χ1) is 26.2. The van der Waals surface area contributed by atoms with Gasteiger partial charge in [-0.25, -0.2) is 9.78 Å². The fourth-order valence-corrected chi connectivity index (χ4v) is 9.80. The number of hydrogen-bond donors (Lipinski definition) is 2. The number of piperidine rings is 2. The highest BCUT2D eigenvalue weighted by Crippen LogP contribution is 2.42. The summed E-state index contributed by atoms with van der Waals surface area (Å²) in [4.78, 5) is 62.5. The second-order valence-corrected chi connectivity index (χ2v) is 15.8. The number of pyridine rings is 1. The Hall–Kier alpha value is -5.39. The van der Waals surface area contributed by atoms with Crippen molar-refractivity contribution in [3.63, 3.8) is 0 Å². The Morgan fingerprint density at radius 1 is 1.04 bits per heavy atom. The van der Waals surface area contributed by atoms with Crippen LogP contribution in [0.5, 0.6) is 5.75 Å². The van der Waals surface area contributed by atoms with Crippen LogP contribution in [0, 0.1) is 17.2 Å². The monoisotopic (exact) mass is 746 g/mol. The zero-order valence-corrected chi connectivity index (χ0v) is 31.2. The van der Waals surface area contributed by atoms with Crippen LogP contribution in [-0.2, 0) is 16.6 Å². The number of hydrogen-bond acceptors (Lipinski definition) is 10. The lowest BCUT2D eigenvalue weighted by atomic mass is 9.81. The molecule has 5 heterocycles. The number of amides is 3. The minimum atomic E-state index is -0.684. The number of benzene rings is 2. The molecule has 3 aliphatic rings. The summed E-state index contributed by atoms with van der Waals surface area (Å²) in [5, 5.41) is 15.6. The van der Waals surface area contributed by atoms with Gasteiger partial charge in [0.2, 0.25) is 11.8 Å². The van der Waals surface area contributed by atoms with Crippen molar-refractivity contribution in [1.29, 1.82) is 5.26 Å². The van der Waals surface area contributed by atoms with E-state index in [2.05, 4.69) is 26.6 Å². The highest BCUT2D eigenvalue weighted by molar-refractivity contribution is 7.18. The Balaban J connectivity index is 0.879. The molecule has 1 unspecified atom stereocenters. The minimum absolute atomic E-state index is 0.223. The topological polar surface area (TPSA) is 164 Å². The largest absolute Gasteiger partial charge is 0.494 e. The molecule has 13 nitrogen and oxygen atoms in total. The van der Waals surface area contributed by atoms with Crippen LogP contribution < -0.4 is 21.1 Å². The third kappa shape index (κ3) is 6.78. The van der Waals surface area contributed by atoms with Crippen LogP contribution in [0.15, 0.2) is 53.6 Å². The number of nitrogens with zero attached hydrogens (tertiary/aromatic N) is 6. The van der Waals surface area contributed by atoms with Crippen LogP contribution in [0.3, 0.4) is 0 Å². The van der Waals surface area contributed by atoms with Gasteiger partial charge in [-0.15, -0.1) is 11.3 Å². The summed E-state index contributed by atoms with van der Waals surface area (Å²) in [6.07, 6.45) is 9.89. The molecule has 54 heavy (non-hydrogen) atoms. The van der Waals surface area contributed by atoms with E-state index in [4.69, 9.17) is 9.72 Å². The highest BCUT2D eigenvalue weighted by atomic mass is 32.1. The number of imidazole rings is 1. The first-order valence-electron chi connectivity index (χ1n) is 18.6. The number of imide groups is 1. The fourth-order valence-electron chi connectivity index (χ4n) is 8.65. The van der Waals surface area contributed by atoms with Gasteiger partial charge in [-0.1, -0.05) is 12.1 Å². The number of methoxy groups -OCH3 is 1. The van der Waals surface area contributed by atoms with Crippen molar-refractivity contribution in [2.45, 2.75) is 69.2 Å². The molecule has 3 amide bonds. The van der Waals surface area contributed by atoms with Crippen molar-refractivity contribution < 1.29 is 19.1 Å². The van der Waals surface area contributed by atoms with Crippen LogP contribution in [0.25, 0.3) is 21.3 Å². The van der Waals surface area contributed by atoms with Gasteiger partial charge in [-0.3, -0.25) is 33.8 Å². The van der Waals surface area contributed by atoms with Gasteiger partial charge in [0, 0.05) is 44.4 Å². The SMILES string of the molecule is COc1cc2nc([C@H]3CC[C@H](CN4CCC(c5cccc6c5n(C)c(=O)n6C5CCC(=O)NC5=O)CC4)CC3)sc2cc1NC(=O)c1cncc(C#N)c1. The van der Waals surface area contributed by atoms with E-state index in [-0.39, 0.29) is 23.9 Å². The summed E-state index contributed by atoms with van der Waals surface area (Å²) in [5.74, 6) is 0.807. The van der Waals surface area contributed by atoms with Crippen molar-refractivity contribution in [2.24, 2.45) is 13.0 Å². The van der Waals surface area contributed by atoms with Crippen molar-refractivity contribution in [1.82, 2.24) is 29.3 Å². The molecule has 1 atom stereocenters. The molecule has 0 radical (unpaired) electrons. The highest BCUT2D eigenvalue weighted by Gasteiger charge is 2.33. The number of aromatic nitrogens is 4. The number of likely N-dealkylation sites (tertiary alicyclic amines) is 1. The fraction of sp³-hybridized carbons (Fsp3) is 0.425. The van der Waals surface area contributed by atoms with E-state index in [1.807, 2.05) is 30.3 Å². The maximum absolute atomic E-state index is 13.4. The molecule has 2 N–H and O–H groups in total. The number of thiazole rings is 1. The van der Waals surface area contributed by atoms with Crippen molar-refractivity contribution in [3.8, 4) is 11.8 Å². The Bertz CT molecular complexity index is 2370. The molecule has 1 saturated carbocycles. The number of anilines is 1. The second kappa shape index (κ2) is 14.8. The Kier molecular flexibility index (Phi) is 9.76. The van der Waals surface area contributed by atoms with Gasteiger partial charge in [0.1, 0.15) is 17.9 Å². The van der Waals surface area contributed by atoms with Crippen molar-refractivity contribution >= 4 is 56.0 Å². The van der Waals surface area contributed by atoms with E-state index in [1.165, 1.54) is 18.5 Å². The van der Waals surface area contributed by atoms with Gasteiger partial charge in [0.25, 0.3) is 5.91 Å². The third-order valence-corrected chi connectivity index (χ3v) is 12.7. The van der Waals surface area contributed by atoms with Crippen molar-refractivity contribution in [2.75, 3.05) is 32.1 Å². The summed E-state index contributed by atoms with van der Waals surface area (Å²) in [5.41, 5.74) is 4.59. The zero-order chi connectivity index (χ0) is 37.5. The number of rotatable bonds is 8. The van der Waals surface area contributed by atoms with E-state index in [0.717, 1.165) is 90.0 Å². The average molecular weight is 747 g/mol. The van der Waals surface area contributed by atoms with Gasteiger partial charge in [-0.2, -0.15) is 5.26 Å². The molecule has 2 saturated heterocycles. The second-order valence-electron chi connectivity index (χ2n) is 14.8. The number of ether oxygens (including phenoxy) is 1. The van der Waals surface area contributed by atoms with Gasteiger partial charge >= 0.3 is 5.69 Å². The van der Waals surface area contributed by atoms with Crippen LogP contribution in [0.4, 0.5) is 5.69 Å². The predicted octanol–water partition coefficient (Wildman–Crippen LogP) is 5.61. The van der Waals surface area contributed by atoms with E-state index >= 15 is 0 Å². The number of carbonyl (C=O) groups excluding carboxylic acids is 3. The van der Waals surface area contributed by atoms with Crippen LogP contribution in [0.1, 0.15) is 95.7 Å². The predicted molar refractivity (Wildman–Crippen MR) is 205 cm³/mol. The maximum Gasteiger partial charge on any atom is 0.329 e. The molecular weight excluding hydrogens is 705 g/mol. The lowest BCUT2D eigenvalue weighted by Crippen LogP contribution is -2.44. The molecule has 8 rings (SSSR count). The van der Waals surface area contributed by atoms with Gasteiger partial charge < -0.3 is 15.0 Å². The molecular formula is C40H42N8O5S. The Morgan fingerprint density at radius 3 is 2.57 bits per heavy atom. The number of nitriles is 1. The van der Waals surface area contributed by atoms with Gasteiger partial charge in [0.15, 0.2) is 0 Å². The van der Waals surface area contributed by atoms with E-state index in [1.54, 1.807) is 34.6 Å². The first kappa shape index (κ1) is 35.6. The molecule has 3 fully saturated rings. The zero-order valence-electron chi connectivity index (χ0n) is 30.3. The maximum atomic E-state index is 13.4. The van der Waals surface area contributed by atoms with Crippen molar-refractivity contribution in [3.05, 3.63) is 81.0 Å². The van der Waals surface area contributed by atoms with Gasteiger partial charge in [0.05, 0.1) is 50.2 Å².